The van der Waals surface area contributed by atoms with Crippen molar-refractivity contribution >= 4 is 23.2 Å². The number of nitrogens with two attached hydrogens (primary N) is 1. The molecule has 124 valence electrons. The van der Waals surface area contributed by atoms with Gasteiger partial charge >= 0.3 is 0 Å². The molecular weight excluding hydrogens is 311 g/mol. The number of phenolic OH excluding ortho intramolecular Hbond substituents is 1. The van der Waals surface area contributed by atoms with Gasteiger partial charge in [-0.25, -0.2) is 4.39 Å². The Morgan fingerprint density at radius 3 is 1.92 bits per heavy atom. The predicted octanol–water partition coefficient (Wildman–Crippen LogP) is 2.85. The van der Waals surface area contributed by atoms with E-state index in [4.69, 9.17) is 5.73 Å². The summed E-state index contributed by atoms with van der Waals surface area (Å²) in [5.74, 6) is -1.45. The van der Waals surface area contributed by atoms with Gasteiger partial charge in [0.25, 0.3) is 0 Å². The van der Waals surface area contributed by atoms with Gasteiger partial charge in [0, 0.05) is 11.4 Å². The molecule has 0 atom stereocenters. The van der Waals surface area contributed by atoms with Gasteiger partial charge in [0.15, 0.2) is 0 Å². The number of carbonyl (C=O) groups excluding carboxylic acids is 2. The van der Waals surface area contributed by atoms with E-state index in [0.29, 0.717) is 24.2 Å². The highest BCUT2D eigenvalue weighted by Crippen LogP contribution is 2.45. The van der Waals surface area contributed by atoms with Gasteiger partial charge in [-0.2, -0.15) is 0 Å². The average molecular weight is 328 g/mol. The minimum absolute atomic E-state index is 0.0542. The molecule has 6 heteroatoms. The molecule has 2 amide bonds. The highest BCUT2D eigenvalue weighted by Gasteiger charge is 2.52. The van der Waals surface area contributed by atoms with Gasteiger partial charge in [-0.3, -0.25) is 14.5 Å². The number of halogens is 1. The van der Waals surface area contributed by atoms with Crippen LogP contribution in [0.15, 0.2) is 48.5 Å². The van der Waals surface area contributed by atoms with Crippen molar-refractivity contribution < 1.29 is 19.1 Å². The topological polar surface area (TPSA) is 83.6 Å². The number of hydrogen-bond acceptors (Lipinski definition) is 3. The first-order valence-electron chi connectivity index (χ1n) is 7.63. The molecule has 0 unspecified atom stereocenters. The maximum atomic E-state index is 13.2. The van der Waals surface area contributed by atoms with Crippen LogP contribution in [0, 0.1) is 11.2 Å². The second-order valence-electron chi connectivity index (χ2n) is 5.93. The van der Waals surface area contributed by atoms with E-state index in [2.05, 4.69) is 0 Å². The van der Waals surface area contributed by atoms with Gasteiger partial charge in [-0.05, 0) is 61.4 Å². The Kier molecular flexibility index (Phi) is 3.97. The summed E-state index contributed by atoms with van der Waals surface area (Å²) in [6, 6.07) is 11.4. The standard InChI is InChI=1S/C18H17FN2O3/c19-12-2-4-13(5-3-12)21(14-6-8-15(22)9-7-14)17(24)18(16(20)23)10-1-11-18/h2-9,22H,1,10-11H2,(H2,20,23). The molecule has 0 aromatic heterocycles. The van der Waals surface area contributed by atoms with Crippen molar-refractivity contribution in [2.75, 3.05) is 4.90 Å². The van der Waals surface area contributed by atoms with Crippen LogP contribution in [0.1, 0.15) is 19.3 Å². The molecule has 1 saturated carbocycles. The van der Waals surface area contributed by atoms with Crippen LogP contribution in [-0.4, -0.2) is 16.9 Å². The summed E-state index contributed by atoms with van der Waals surface area (Å²) < 4.78 is 13.2. The molecule has 3 N–H and O–H groups in total. The van der Waals surface area contributed by atoms with Crippen molar-refractivity contribution in [1.29, 1.82) is 0 Å². The number of aromatic hydroxyl groups is 1. The zero-order valence-corrected chi connectivity index (χ0v) is 12.9. The predicted molar refractivity (Wildman–Crippen MR) is 87.1 cm³/mol. The number of benzene rings is 2. The molecule has 3 rings (SSSR count). The average Bonchev–Trinajstić information content (AvgIpc) is 2.50. The number of rotatable bonds is 4. The van der Waals surface area contributed by atoms with Crippen molar-refractivity contribution in [3.8, 4) is 5.75 Å². The molecule has 1 fully saturated rings. The normalized spacial score (nSPS) is 15.4. The summed E-state index contributed by atoms with van der Waals surface area (Å²) >= 11 is 0. The van der Waals surface area contributed by atoms with Crippen molar-refractivity contribution in [2.24, 2.45) is 11.1 Å². The lowest BCUT2D eigenvalue weighted by Crippen LogP contribution is -2.54. The zero-order valence-electron chi connectivity index (χ0n) is 12.9. The maximum absolute atomic E-state index is 13.2. The van der Waals surface area contributed by atoms with E-state index < -0.39 is 23.0 Å². The number of nitrogens with zero attached hydrogens (tertiary/aromatic N) is 1. The fraction of sp³-hybridized carbons (Fsp3) is 0.222. The molecule has 1 aliphatic rings. The molecule has 2 aromatic rings. The van der Waals surface area contributed by atoms with Gasteiger partial charge < -0.3 is 10.8 Å². The fourth-order valence-corrected chi connectivity index (χ4v) is 2.89. The molecule has 0 aliphatic heterocycles. The molecule has 24 heavy (non-hydrogen) atoms. The Labute approximate surface area is 138 Å². The molecule has 0 spiro atoms. The smallest absolute Gasteiger partial charge is 0.247 e. The lowest BCUT2D eigenvalue weighted by atomic mass is 9.67. The first-order valence-corrected chi connectivity index (χ1v) is 7.63. The third-order valence-corrected chi connectivity index (χ3v) is 4.48. The molecule has 2 aromatic carbocycles. The van der Waals surface area contributed by atoms with Crippen LogP contribution in [0.25, 0.3) is 0 Å². The number of hydrogen-bond donors (Lipinski definition) is 2. The quantitative estimate of drug-likeness (QED) is 0.847. The number of anilines is 2. The number of phenols is 1. The summed E-state index contributed by atoms with van der Waals surface area (Å²) in [5, 5.41) is 9.46. The first-order chi connectivity index (χ1) is 11.4. The van der Waals surface area contributed by atoms with E-state index in [-0.39, 0.29) is 5.75 Å². The summed E-state index contributed by atoms with van der Waals surface area (Å²) in [5.41, 5.74) is 5.16. The van der Waals surface area contributed by atoms with Crippen LogP contribution in [0.5, 0.6) is 5.75 Å². The van der Waals surface area contributed by atoms with Gasteiger partial charge in [0.05, 0.1) is 0 Å². The lowest BCUT2D eigenvalue weighted by Gasteiger charge is -2.40. The van der Waals surface area contributed by atoms with Gasteiger partial charge in [0.1, 0.15) is 17.0 Å². The molecule has 0 heterocycles. The summed E-state index contributed by atoms with van der Waals surface area (Å²) in [7, 11) is 0. The number of primary amides is 1. The lowest BCUT2D eigenvalue weighted by molar-refractivity contribution is -0.145. The van der Waals surface area contributed by atoms with E-state index >= 15 is 0 Å². The van der Waals surface area contributed by atoms with E-state index in [0.717, 1.165) is 6.42 Å². The monoisotopic (exact) mass is 328 g/mol. The van der Waals surface area contributed by atoms with Crippen LogP contribution < -0.4 is 10.6 Å². The first kappa shape index (κ1) is 16.0. The van der Waals surface area contributed by atoms with Crippen LogP contribution in [-0.2, 0) is 9.59 Å². The zero-order chi connectivity index (χ0) is 17.3. The third-order valence-electron chi connectivity index (χ3n) is 4.48. The molecular formula is C18H17FN2O3. The number of carbonyl (C=O) groups is 2. The van der Waals surface area contributed by atoms with E-state index in [1.807, 2.05) is 0 Å². The van der Waals surface area contributed by atoms with Crippen LogP contribution in [0.4, 0.5) is 15.8 Å². The SMILES string of the molecule is NC(=O)C1(C(=O)N(c2ccc(O)cc2)c2ccc(F)cc2)CCC1. The Bertz CT molecular complexity index is 722. The van der Waals surface area contributed by atoms with Gasteiger partial charge in [0.2, 0.25) is 11.8 Å². The highest BCUT2D eigenvalue weighted by atomic mass is 19.1. The fourth-order valence-electron chi connectivity index (χ4n) is 2.89. The Hall–Kier alpha value is -2.89. The van der Waals surface area contributed by atoms with Crippen LogP contribution in [0.2, 0.25) is 0 Å². The van der Waals surface area contributed by atoms with Crippen LogP contribution in [0.3, 0.4) is 0 Å². The second-order valence-corrected chi connectivity index (χ2v) is 5.93. The summed E-state index contributed by atoms with van der Waals surface area (Å²) in [6.45, 7) is 0. The molecule has 0 saturated heterocycles. The summed E-state index contributed by atoms with van der Waals surface area (Å²) in [4.78, 5) is 26.4. The van der Waals surface area contributed by atoms with E-state index in [9.17, 15) is 19.1 Å². The molecule has 0 radical (unpaired) electrons. The van der Waals surface area contributed by atoms with Crippen LogP contribution >= 0.6 is 0 Å². The molecule has 0 bridgehead atoms. The summed E-state index contributed by atoms with van der Waals surface area (Å²) in [6.07, 6.45) is 1.55. The van der Waals surface area contributed by atoms with Crippen molar-refractivity contribution in [1.82, 2.24) is 0 Å². The van der Waals surface area contributed by atoms with Crippen molar-refractivity contribution in [3.63, 3.8) is 0 Å². The van der Waals surface area contributed by atoms with Crippen molar-refractivity contribution in [3.05, 3.63) is 54.3 Å². The van der Waals surface area contributed by atoms with Crippen molar-refractivity contribution in [2.45, 2.75) is 19.3 Å². The Morgan fingerprint density at radius 1 is 1.00 bits per heavy atom. The highest BCUT2D eigenvalue weighted by molar-refractivity contribution is 6.15. The Balaban J connectivity index is 2.08. The third kappa shape index (κ3) is 2.60. The van der Waals surface area contributed by atoms with E-state index in [1.165, 1.54) is 41.3 Å². The van der Waals surface area contributed by atoms with Gasteiger partial charge in [-0.1, -0.05) is 6.42 Å². The van der Waals surface area contributed by atoms with Gasteiger partial charge in [-0.15, -0.1) is 0 Å². The minimum Gasteiger partial charge on any atom is -0.508 e. The minimum atomic E-state index is -1.23. The molecule has 1 aliphatic carbocycles. The van der Waals surface area contributed by atoms with E-state index in [1.54, 1.807) is 12.1 Å². The second kappa shape index (κ2) is 5.96. The Morgan fingerprint density at radius 2 is 1.50 bits per heavy atom. The molecule has 5 nitrogen and oxygen atoms in total. The largest absolute Gasteiger partial charge is 0.508 e. The maximum Gasteiger partial charge on any atom is 0.247 e. The number of amides is 2.